The number of carbonyl (C=O) groups excluding carboxylic acids is 1. The lowest BCUT2D eigenvalue weighted by Gasteiger charge is -2.33. The molecular formula is C15H21FN4O2. The third-order valence-electron chi connectivity index (χ3n) is 4.84. The van der Waals surface area contributed by atoms with Crippen LogP contribution in [0.3, 0.4) is 0 Å². The van der Waals surface area contributed by atoms with Gasteiger partial charge in [-0.15, -0.1) is 5.10 Å². The fourth-order valence-electron chi connectivity index (χ4n) is 3.17. The van der Waals surface area contributed by atoms with Crippen LogP contribution in [0.4, 0.5) is 4.39 Å². The highest BCUT2D eigenvalue weighted by molar-refractivity contribution is 5.88. The number of amides is 1. The zero-order chi connectivity index (χ0) is 15.3. The van der Waals surface area contributed by atoms with Crippen LogP contribution in [0.5, 0.6) is 0 Å². The van der Waals surface area contributed by atoms with Crippen LogP contribution >= 0.6 is 0 Å². The molecule has 0 saturated heterocycles. The van der Waals surface area contributed by atoms with Crippen molar-refractivity contribution in [2.45, 2.75) is 43.8 Å². The minimum Gasteiger partial charge on any atom is -0.380 e. The minimum absolute atomic E-state index is 0.0220. The topological polar surface area (TPSA) is 60.2 Å². The van der Waals surface area contributed by atoms with Gasteiger partial charge in [-0.25, -0.2) is 4.39 Å². The zero-order valence-corrected chi connectivity index (χ0v) is 12.8. The number of aryl methyl sites for hydroxylation is 1. The molecule has 3 aliphatic rings. The van der Waals surface area contributed by atoms with Gasteiger partial charge >= 0.3 is 0 Å². The predicted octanol–water partition coefficient (Wildman–Crippen LogP) is 1.17. The van der Waals surface area contributed by atoms with Crippen LogP contribution in [-0.4, -0.2) is 51.2 Å². The van der Waals surface area contributed by atoms with Crippen LogP contribution in [0.2, 0.25) is 0 Å². The molecule has 0 bridgehead atoms. The van der Waals surface area contributed by atoms with Gasteiger partial charge in [0.15, 0.2) is 5.67 Å². The van der Waals surface area contributed by atoms with E-state index < -0.39 is 11.6 Å². The van der Waals surface area contributed by atoms with Gasteiger partial charge in [0.1, 0.15) is 5.69 Å². The number of hydrogen-bond acceptors (Lipinski definition) is 4. The standard InChI is InChI=1S/C15H21FN4O2/c1-19-13-11(9-22-8-10-2-3-10)6-20(7-12(13)17-18-19)14(21)15(16)4-5-15/h10-11H,2-9H2,1H3. The molecule has 1 unspecified atom stereocenters. The maximum atomic E-state index is 14.1. The third-order valence-corrected chi connectivity index (χ3v) is 4.84. The Labute approximate surface area is 128 Å². The molecule has 0 aromatic carbocycles. The Morgan fingerprint density at radius 3 is 2.86 bits per heavy atom. The summed E-state index contributed by atoms with van der Waals surface area (Å²) >= 11 is 0. The van der Waals surface area contributed by atoms with Crippen molar-refractivity contribution in [2.24, 2.45) is 13.0 Å². The molecule has 1 aliphatic heterocycles. The van der Waals surface area contributed by atoms with Crippen molar-refractivity contribution in [1.82, 2.24) is 19.9 Å². The highest BCUT2D eigenvalue weighted by Gasteiger charge is 2.53. The van der Waals surface area contributed by atoms with Gasteiger partial charge < -0.3 is 9.64 Å². The number of halogens is 1. The number of hydrogen-bond donors (Lipinski definition) is 0. The zero-order valence-electron chi connectivity index (χ0n) is 12.8. The molecule has 0 radical (unpaired) electrons. The average molecular weight is 308 g/mol. The Morgan fingerprint density at radius 2 is 2.18 bits per heavy atom. The molecule has 1 amide bonds. The van der Waals surface area contributed by atoms with Crippen molar-refractivity contribution in [3.05, 3.63) is 11.4 Å². The summed E-state index contributed by atoms with van der Waals surface area (Å²) in [5.41, 5.74) is 0.161. The van der Waals surface area contributed by atoms with Gasteiger partial charge in [-0.2, -0.15) is 0 Å². The molecule has 22 heavy (non-hydrogen) atoms. The van der Waals surface area contributed by atoms with E-state index in [0.29, 0.717) is 38.5 Å². The summed E-state index contributed by atoms with van der Waals surface area (Å²) in [4.78, 5) is 13.9. The quantitative estimate of drug-likeness (QED) is 0.819. The van der Waals surface area contributed by atoms with Crippen LogP contribution < -0.4 is 0 Å². The molecule has 120 valence electrons. The number of rotatable bonds is 5. The molecule has 2 fully saturated rings. The smallest absolute Gasteiger partial charge is 0.260 e. The van der Waals surface area contributed by atoms with Crippen molar-refractivity contribution in [3.63, 3.8) is 0 Å². The maximum absolute atomic E-state index is 14.1. The first-order valence-corrected chi connectivity index (χ1v) is 8.01. The van der Waals surface area contributed by atoms with Crippen LogP contribution in [0.15, 0.2) is 0 Å². The Bertz CT molecular complexity index is 594. The van der Waals surface area contributed by atoms with Gasteiger partial charge in [0.05, 0.1) is 18.8 Å². The van der Waals surface area contributed by atoms with Crippen LogP contribution in [0, 0.1) is 5.92 Å². The van der Waals surface area contributed by atoms with Crippen LogP contribution in [0.1, 0.15) is 43.0 Å². The molecule has 2 aliphatic carbocycles. The number of nitrogens with zero attached hydrogens (tertiary/aromatic N) is 4. The van der Waals surface area contributed by atoms with E-state index in [1.807, 2.05) is 7.05 Å². The molecule has 2 saturated carbocycles. The van der Waals surface area contributed by atoms with E-state index in [2.05, 4.69) is 10.3 Å². The van der Waals surface area contributed by atoms with Crippen molar-refractivity contribution in [3.8, 4) is 0 Å². The van der Waals surface area contributed by atoms with E-state index in [1.54, 1.807) is 9.58 Å². The van der Waals surface area contributed by atoms with Crippen molar-refractivity contribution >= 4 is 5.91 Å². The normalized spacial score (nSPS) is 25.9. The van der Waals surface area contributed by atoms with E-state index in [-0.39, 0.29) is 5.92 Å². The number of fused-ring (bicyclic) bond motifs is 1. The second kappa shape index (κ2) is 5.01. The Morgan fingerprint density at radius 1 is 1.41 bits per heavy atom. The highest BCUT2D eigenvalue weighted by Crippen LogP contribution is 2.43. The van der Waals surface area contributed by atoms with Gasteiger partial charge in [0, 0.05) is 26.1 Å². The monoisotopic (exact) mass is 308 g/mol. The lowest BCUT2D eigenvalue weighted by molar-refractivity contribution is -0.139. The summed E-state index contributed by atoms with van der Waals surface area (Å²) in [7, 11) is 1.86. The van der Waals surface area contributed by atoms with E-state index in [9.17, 15) is 9.18 Å². The van der Waals surface area contributed by atoms with Gasteiger partial charge in [0.25, 0.3) is 5.91 Å². The molecular weight excluding hydrogens is 287 g/mol. The Kier molecular flexibility index (Phi) is 3.21. The summed E-state index contributed by atoms with van der Waals surface area (Å²) < 4.78 is 21.7. The Balaban J connectivity index is 1.49. The molecule has 4 rings (SSSR count). The van der Waals surface area contributed by atoms with E-state index in [4.69, 9.17) is 4.74 Å². The first-order chi connectivity index (χ1) is 10.6. The summed E-state index contributed by atoms with van der Waals surface area (Å²) in [6.45, 7) is 2.15. The fraction of sp³-hybridized carbons (Fsp3) is 0.800. The molecule has 1 aromatic rings. The van der Waals surface area contributed by atoms with Gasteiger partial charge in [-0.1, -0.05) is 5.21 Å². The van der Waals surface area contributed by atoms with Crippen LogP contribution in [0.25, 0.3) is 0 Å². The van der Waals surface area contributed by atoms with Crippen molar-refractivity contribution < 1.29 is 13.9 Å². The number of carbonyl (C=O) groups is 1. The predicted molar refractivity (Wildman–Crippen MR) is 75.8 cm³/mol. The Hall–Kier alpha value is -1.50. The molecule has 7 heteroatoms. The summed E-state index contributed by atoms with van der Waals surface area (Å²) in [5, 5.41) is 8.19. The molecule has 2 heterocycles. The highest BCUT2D eigenvalue weighted by atomic mass is 19.1. The first kappa shape index (κ1) is 14.1. The van der Waals surface area contributed by atoms with Crippen LogP contribution in [-0.2, 0) is 23.1 Å². The third kappa shape index (κ3) is 2.51. The van der Waals surface area contributed by atoms with Gasteiger partial charge in [-0.05, 0) is 31.6 Å². The maximum Gasteiger partial charge on any atom is 0.260 e. The lowest BCUT2D eigenvalue weighted by atomic mass is 9.98. The van der Waals surface area contributed by atoms with E-state index >= 15 is 0 Å². The van der Waals surface area contributed by atoms with E-state index in [1.165, 1.54) is 12.8 Å². The molecule has 1 aromatic heterocycles. The average Bonchev–Trinajstić information content (AvgIpc) is 3.42. The fourth-order valence-corrected chi connectivity index (χ4v) is 3.17. The van der Waals surface area contributed by atoms with Crippen molar-refractivity contribution in [2.75, 3.05) is 19.8 Å². The van der Waals surface area contributed by atoms with E-state index in [0.717, 1.165) is 18.0 Å². The van der Waals surface area contributed by atoms with Crippen molar-refractivity contribution in [1.29, 1.82) is 0 Å². The second-order valence-electron chi connectivity index (χ2n) is 6.87. The molecule has 0 N–H and O–H groups in total. The summed E-state index contributed by atoms with van der Waals surface area (Å²) in [6.07, 6.45) is 3.19. The second-order valence-corrected chi connectivity index (χ2v) is 6.87. The largest absolute Gasteiger partial charge is 0.380 e. The summed E-state index contributed by atoms with van der Waals surface area (Å²) in [5.74, 6) is 0.329. The molecule has 6 nitrogen and oxygen atoms in total. The number of aromatic nitrogens is 3. The SMILES string of the molecule is Cn1nnc2c1C(COCC1CC1)CN(C(=O)C1(F)CC1)C2. The van der Waals surface area contributed by atoms with Gasteiger partial charge in [0.2, 0.25) is 0 Å². The first-order valence-electron chi connectivity index (χ1n) is 8.01. The molecule has 0 spiro atoms. The minimum atomic E-state index is -1.63. The van der Waals surface area contributed by atoms with Gasteiger partial charge in [-0.3, -0.25) is 9.48 Å². The molecule has 1 atom stereocenters. The summed E-state index contributed by atoms with van der Waals surface area (Å²) in [6, 6.07) is 0. The lowest BCUT2D eigenvalue weighted by Crippen LogP contribution is -2.44. The number of alkyl halides is 1. The number of ether oxygens (including phenoxy) is 1.